The Morgan fingerprint density at radius 3 is 2.59 bits per heavy atom. The SMILES string of the molecule is Brc1ccc(COCCC2CCNCC2)cc1. The first-order chi connectivity index (χ1) is 8.34. The Morgan fingerprint density at radius 1 is 1.18 bits per heavy atom. The van der Waals surface area contributed by atoms with Crippen molar-refractivity contribution in [3.8, 4) is 0 Å². The quantitative estimate of drug-likeness (QED) is 0.842. The fourth-order valence-electron chi connectivity index (χ4n) is 2.19. The van der Waals surface area contributed by atoms with Crippen molar-refractivity contribution >= 4 is 15.9 Å². The van der Waals surface area contributed by atoms with Crippen LogP contribution in [0.2, 0.25) is 0 Å². The van der Waals surface area contributed by atoms with E-state index in [4.69, 9.17) is 4.74 Å². The van der Waals surface area contributed by atoms with Crippen molar-refractivity contribution in [3.63, 3.8) is 0 Å². The van der Waals surface area contributed by atoms with E-state index < -0.39 is 0 Å². The van der Waals surface area contributed by atoms with Gasteiger partial charge in [-0.1, -0.05) is 28.1 Å². The van der Waals surface area contributed by atoms with Crippen LogP contribution in [0.1, 0.15) is 24.8 Å². The first-order valence-electron chi connectivity index (χ1n) is 6.37. The molecule has 0 unspecified atom stereocenters. The first kappa shape index (κ1) is 13.1. The van der Waals surface area contributed by atoms with Gasteiger partial charge in [0.2, 0.25) is 0 Å². The standard InChI is InChI=1S/C14H20BrNO/c15-14-3-1-13(2-4-14)11-17-10-7-12-5-8-16-9-6-12/h1-4,12,16H,5-11H2. The Labute approximate surface area is 112 Å². The number of benzene rings is 1. The molecule has 0 bridgehead atoms. The summed E-state index contributed by atoms with van der Waals surface area (Å²) in [6.07, 6.45) is 3.82. The molecule has 1 N–H and O–H groups in total. The minimum Gasteiger partial charge on any atom is -0.377 e. The molecule has 1 saturated heterocycles. The van der Waals surface area contributed by atoms with Gasteiger partial charge >= 0.3 is 0 Å². The molecule has 1 aromatic rings. The average molecular weight is 298 g/mol. The maximum atomic E-state index is 5.73. The number of hydrogen-bond acceptors (Lipinski definition) is 2. The van der Waals surface area contributed by atoms with Crippen LogP contribution in [0.15, 0.2) is 28.7 Å². The second-order valence-electron chi connectivity index (χ2n) is 4.66. The molecule has 3 heteroatoms. The summed E-state index contributed by atoms with van der Waals surface area (Å²) in [7, 11) is 0. The van der Waals surface area contributed by atoms with Crippen LogP contribution >= 0.6 is 15.9 Å². The minimum atomic E-state index is 0.734. The molecule has 0 aliphatic carbocycles. The Kier molecular flexibility index (Phi) is 5.49. The lowest BCUT2D eigenvalue weighted by atomic mass is 9.95. The zero-order chi connectivity index (χ0) is 11.9. The van der Waals surface area contributed by atoms with E-state index in [1.165, 1.54) is 37.9 Å². The van der Waals surface area contributed by atoms with Crippen LogP contribution < -0.4 is 5.32 Å². The molecule has 1 aromatic carbocycles. The van der Waals surface area contributed by atoms with Crippen molar-refractivity contribution in [2.45, 2.75) is 25.9 Å². The highest BCUT2D eigenvalue weighted by atomic mass is 79.9. The smallest absolute Gasteiger partial charge is 0.0716 e. The number of rotatable bonds is 5. The maximum Gasteiger partial charge on any atom is 0.0716 e. The molecule has 2 nitrogen and oxygen atoms in total. The number of hydrogen-bond donors (Lipinski definition) is 1. The van der Waals surface area contributed by atoms with E-state index in [0.29, 0.717) is 0 Å². The number of ether oxygens (including phenoxy) is 1. The van der Waals surface area contributed by atoms with E-state index in [2.05, 4.69) is 45.5 Å². The van der Waals surface area contributed by atoms with Gasteiger partial charge in [0.05, 0.1) is 6.61 Å². The molecule has 0 atom stereocenters. The van der Waals surface area contributed by atoms with E-state index in [0.717, 1.165) is 23.6 Å². The first-order valence-corrected chi connectivity index (χ1v) is 7.17. The van der Waals surface area contributed by atoms with Gasteiger partial charge in [0.15, 0.2) is 0 Å². The van der Waals surface area contributed by atoms with E-state index in [9.17, 15) is 0 Å². The Hall–Kier alpha value is -0.380. The summed E-state index contributed by atoms with van der Waals surface area (Å²) >= 11 is 3.43. The molecule has 0 amide bonds. The minimum absolute atomic E-state index is 0.734. The van der Waals surface area contributed by atoms with E-state index >= 15 is 0 Å². The fraction of sp³-hybridized carbons (Fsp3) is 0.571. The van der Waals surface area contributed by atoms with E-state index in [1.54, 1.807) is 0 Å². The number of piperidine rings is 1. The second-order valence-corrected chi connectivity index (χ2v) is 5.58. The number of nitrogens with one attached hydrogen (secondary N) is 1. The zero-order valence-corrected chi connectivity index (χ0v) is 11.7. The lowest BCUT2D eigenvalue weighted by Crippen LogP contribution is -2.28. The van der Waals surface area contributed by atoms with Crippen LogP contribution in [-0.2, 0) is 11.3 Å². The highest BCUT2D eigenvalue weighted by Gasteiger charge is 2.12. The molecule has 2 rings (SSSR count). The fourth-order valence-corrected chi connectivity index (χ4v) is 2.46. The largest absolute Gasteiger partial charge is 0.377 e. The second kappa shape index (κ2) is 7.14. The molecular weight excluding hydrogens is 278 g/mol. The third kappa shape index (κ3) is 4.78. The summed E-state index contributed by atoms with van der Waals surface area (Å²) in [6.45, 7) is 3.98. The predicted molar refractivity (Wildman–Crippen MR) is 74.0 cm³/mol. The molecule has 94 valence electrons. The van der Waals surface area contributed by atoms with Gasteiger partial charge in [-0.05, 0) is 56.0 Å². The Morgan fingerprint density at radius 2 is 1.88 bits per heavy atom. The van der Waals surface area contributed by atoms with Crippen LogP contribution in [0.5, 0.6) is 0 Å². The van der Waals surface area contributed by atoms with Crippen molar-refractivity contribution in [1.29, 1.82) is 0 Å². The van der Waals surface area contributed by atoms with Crippen molar-refractivity contribution < 1.29 is 4.74 Å². The molecule has 1 aliphatic heterocycles. The Balaban J connectivity index is 1.60. The van der Waals surface area contributed by atoms with Crippen molar-refractivity contribution in [1.82, 2.24) is 5.32 Å². The molecule has 0 aromatic heterocycles. The van der Waals surface area contributed by atoms with Crippen LogP contribution in [-0.4, -0.2) is 19.7 Å². The summed E-state index contributed by atoms with van der Waals surface area (Å²) in [5, 5.41) is 3.39. The molecule has 1 heterocycles. The van der Waals surface area contributed by atoms with Crippen molar-refractivity contribution in [3.05, 3.63) is 34.3 Å². The molecule has 0 spiro atoms. The average Bonchev–Trinajstić information content (AvgIpc) is 2.38. The van der Waals surface area contributed by atoms with Crippen molar-refractivity contribution in [2.24, 2.45) is 5.92 Å². The van der Waals surface area contributed by atoms with E-state index in [1.807, 2.05) is 0 Å². The van der Waals surface area contributed by atoms with E-state index in [-0.39, 0.29) is 0 Å². The van der Waals surface area contributed by atoms with Crippen LogP contribution in [0.25, 0.3) is 0 Å². The zero-order valence-electron chi connectivity index (χ0n) is 10.1. The third-order valence-electron chi connectivity index (χ3n) is 3.31. The van der Waals surface area contributed by atoms with Gasteiger partial charge in [0.1, 0.15) is 0 Å². The van der Waals surface area contributed by atoms with Gasteiger partial charge in [-0.3, -0.25) is 0 Å². The summed E-state index contributed by atoms with van der Waals surface area (Å²) in [5.41, 5.74) is 1.25. The summed E-state index contributed by atoms with van der Waals surface area (Å²) < 4.78 is 6.85. The summed E-state index contributed by atoms with van der Waals surface area (Å²) in [6, 6.07) is 8.33. The normalized spacial score (nSPS) is 17.2. The molecular formula is C14H20BrNO. The molecule has 0 radical (unpaired) electrons. The lowest BCUT2D eigenvalue weighted by molar-refractivity contribution is 0.103. The van der Waals surface area contributed by atoms with Gasteiger partial charge in [-0.2, -0.15) is 0 Å². The van der Waals surface area contributed by atoms with Crippen LogP contribution in [0, 0.1) is 5.92 Å². The molecule has 1 aliphatic rings. The van der Waals surface area contributed by atoms with Gasteiger partial charge in [-0.25, -0.2) is 0 Å². The molecule has 0 saturated carbocycles. The third-order valence-corrected chi connectivity index (χ3v) is 3.84. The van der Waals surface area contributed by atoms with Gasteiger partial charge in [0.25, 0.3) is 0 Å². The lowest BCUT2D eigenvalue weighted by Gasteiger charge is -2.22. The maximum absolute atomic E-state index is 5.73. The monoisotopic (exact) mass is 297 g/mol. The highest BCUT2D eigenvalue weighted by Crippen LogP contribution is 2.16. The summed E-state index contributed by atoms with van der Waals surface area (Å²) in [5.74, 6) is 0.862. The van der Waals surface area contributed by atoms with Crippen LogP contribution in [0.3, 0.4) is 0 Å². The topological polar surface area (TPSA) is 21.3 Å². The van der Waals surface area contributed by atoms with Gasteiger partial charge in [-0.15, -0.1) is 0 Å². The van der Waals surface area contributed by atoms with Gasteiger partial charge in [0, 0.05) is 11.1 Å². The molecule has 1 fully saturated rings. The van der Waals surface area contributed by atoms with Gasteiger partial charge < -0.3 is 10.1 Å². The molecule has 17 heavy (non-hydrogen) atoms. The predicted octanol–water partition coefficient (Wildman–Crippen LogP) is 3.36. The number of halogens is 1. The summed E-state index contributed by atoms with van der Waals surface area (Å²) in [4.78, 5) is 0. The van der Waals surface area contributed by atoms with Crippen LogP contribution in [0.4, 0.5) is 0 Å². The van der Waals surface area contributed by atoms with Crippen molar-refractivity contribution in [2.75, 3.05) is 19.7 Å². The highest BCUT2D eigenvalue weighted by molar-refractivity contribution is 9.10. The Bertz CT molecular complexity index is 319.